The summed E-state index contributed by atoms with van der Waals surface area (Å²) in [5.41, 5.74) is 8.25. The summed E-state index contributed by atoms with van der Waals surface area (Å²) in [6.07, 6.45) is 1.86. The fourth-order valence-corrected chi connectivity index (χ4v) is 3.98. The van der Waals surface area contributed by atoms with Gasteiger partial charge in [-0.2, -0.15) is 10.1 Å². The Bertz CT molecular complexity index is 1300. The zero-order chi connectivity index (χ0) is 22.8. The lowest BCUT2D eigenvalue weighted by molar-refractivity contribution is -0.116. The second-order valence-electron chi connectivity index (χ2n) is 7.12. The Kier molecular flexibility index (Phi) is 5.61. The molecule has 0 fully saturated rings. The van der Waals surface area contributed by atoms with Crippen LogP contribution in [0, 0.1) is 0 Å². The first-order valence-electron chi connectivity index (χ1n) is 10.1. The first-order valence-corrected chi connectivity index (χ1v) is 11.3. The maximum Gasteiger partial charge on any atom is 0.264 e. The number of nitrogen functional groups attached to an aromatic ring is 1. The second-order valence-corrected chi connectivity index (χ2v) is 7.92. The van der Waals surface area contributed by atoms with Crippen molar-refractivity contribution in [3.05, 3.63) is 48.5 Å². The van der Waals surface area contributed by atoms with E-state index in [1.807, 2.05) is 36.6 Å². The van der Waals surface area contributed by atoms with Crippen LogP contribution >= 0.6 is 11.8 Å². The van der Waals surface area contributed by atoms with Crippen LogP contribution in [-0.4, -0.2) is 45.3 Å². The van der Waals surface area contributed by atoms with E-state index in [4.69, 9.17) is 19.7 Å². The molecular weight excluding hydrogens is 444 g/mol. The lowest BCUT2D eigenvalue weighted by Crippen LogP contribution is -2.21. The molecule has 5 rings (SSSR count). The van der Waals surface area contributed by atoms with E-state index in [9.17, 15) is 4.79 Å². The number of ether oxygens (including phenoxy) is 2. The molecule has 168 valence electrons. The summed E-state index contributed by atoms with van der Waals surface area (Å²) in [6, 6.07) is 14.7. The molecule has 3 heterocycles. The molecule has 11 heteroatoms. The van der Waals surface area contributed by atoms with E-state index in [2.05, 4.69) is 20.6 Å². The summed E-state index contributed by atoms with van der Waals surface area (Å²) in [5.74, 6) is 1.90. The standard InChI is InChI=1S/C22H20N6O4S/c1-33-22-18(21-25-20(27-32-21)13-5-3-2-4-6-13)19(23)28(26-22)12-17(29)24-14-7-8-15-16(11-14)31-10-9-30-15/h2-8,11H,9-10,12,23H2,1H3,(H,24,29). The monoisotopic (exact) mass is 464 g/mol. The number of anilines is 2. The molecule has 1 aliphatic rings. The number of aromatic nitrogens is 4. The number of nitrogens with one attached hydrogen (secondary N) is 1. The molecule has 0 aliphatic carbocycles. The predicted molar refractivity (Wildman–Crippen MR) is 123 cm³/mol. The van der Waals surface area contributed by atoms with E-state index >= 15 is 0 Å². The molecule has 10 nitrogen and oxygen atoms in total. The third-order valence-electron chi connectivity index (χ3n) is 4.94. The van der Waals surface area contributed by atoms with Crippen molar-refractivity contribution in [2.45, 2.75) is 11.6 Å². The summed E-state index contributed by atoms with van der Waals surface area (Å²) in [6.45, 7) is 0.883. The zero-order valence-electron chi connectivity index (χ0n) is 17.6. The largest absolute Gasteiger partial charge is 0.486 e. The number of nitrogens with two attached hydrogens (primary N) is 1. The molecule has 1 aliphatic heterocycles. The highest BCUT2D eigenvalue weighted by Gasteiger charge is 2.24. The third-order valence-corrected chi connectivity index (χ3v) is 5.62. The lowest BCUT2D eigenvalue weighted by atomic mass is 10.2. The van der Waals surface area contributed by atoms with Gasteiger partial charge in [0.15, 0.2) is 11.5 Å². The second kappa shape index (κ2) is 8.87. The molecule has 2 aromatic heterocycles. The maximum atomic E-state index is 12.7. The number of amides is 1. The number of carbonyl (C=O) groups excluding carboxylic acids is 1. The number of hydrogen-bond acceptors (Lipinski definition) is 9. The number of carbonyl (C=O) groups is 1. The van der Waals surface area contributed by atoms with Crippen LogP contribution in [0.3, 0.4) is 0 Å². The average molecular weight is 465 g/mol. The first-order chi connectivity index (χ1) is 16.1. The Balaban J connectivity index is 1.36. The number of hydrogen-bond donors (Lipinski definition) is 2. The van der Waals surface area contributed by atoms with Crippen LogP contribution in [-0.2, 0) is 11.3 Å². The lowest BCUT2D eigenvalue weighted by Gasteiger charge is -2.19. The molecule has 0 spiro atoms. The van der Waals surface area contributed by atoms with Gasteiger partial charge < -0.3 is 25.0 Å². The van der Waals surface area contributed by atoms with Crippen molar-refractivity contribution >= 4 is 29.2 Å². The van der Waals surface area contributed by atoms with Gasteiger partial charge in [-0.3, -0.25) is 4.79 Å². The molecule has 0 atom stereocenters. The van der Waals surface area contributed by atoms with Gasteiger partial charge in [0.2, 0.25) is 11.7 Å². The van der Waals surface area contributed by atoms with Crippen LogP contribution in [0.15, 0.2) is 58.1 Å². The van der Waals surface area contributed by atoms with Gasteiger partial charge in [0.25, 0.3) is 5.89 Å². The molecule has 33 heavy (non-hydrogen) atoms. The van der Waals surface area contributed by atoms with E-state index in [0.717, 1.165) is 5.56 Å². The zero-order valence-corrected chi connectivity index (χ0v) is 18.5. The normalized spacial score (nSPS) is 12.5. The smallest absolute Gasteiger partial charge is 0.264 e. The first kappa shape index (κ1) is 20.9. The fourth-order valence-electron chi connectivity index (χ4n) is 3.40. The number of nitrogens with zero attached hydrogens (tertiary/aromatic N) is 4. The van der Waals surface area contributed by atoms with Gasteiger partial charge in [-0.25, -0.2) is 4.68 Å². The fraction of sp³-hybridized carbons (Fsp3) is 0.182. The van der Waals surface area contributed by atoms with E-state index in [0.29, 0.717) is 46.8 Å². The Morgan fingerprint density at radius 3 is 2.73 bits per heavy atom. The number of rotatable bonds is 6. The molecular formula is C22H20N6O4S. The minimum absolute atomic E-state index is 0.0898. The van der Waals surface area contributed by atoms with Crippen LogP contribution < -0.4 is 20.5 Å². The molecule has 0 saturated heterocycles. The molecule has 0 saturated carbocycles. The quantitative estimate of drug-likeness (QED) is 0.413. The van der Waals surface area contributed by atoms with Crippen LogP contribution in [0.4, 0.5) is 11.5 Å². The van der Waals surface area contributed by atoms with Gasteiger partial charge >= 0.3 is 0 Å². The number of thioether (sulfide) groups is 1. The van der Waals surface area contributed by atoms with E-state index < -0.39 is 0 Å². The summed E-state index contributed by atoms with van der Waals surface area (Å²) < 4.78 is 17.9. The van der Waals surface area contributed by atoms with Crippen molar-refractivity contribution in [2.75, 3.05) is 30.5 Å². The van der Waals surface area contributed by atoms with Crippen LogP contribution in [0.5, 0.6) is 11.5 Å². The van der Waals surface area contributed by atoms with Gasteiger partial charge in [-0.05, 0) is 18.4 Å². The summed E-state index contributed by atoms with van der Waals surface area (Å²) >= 11 is 1.37. The third kappa shape index (κ3) is 4.22. The topological polar surface area (TPSA) is 130 Å². The Labute approximate surface area is 193 Å². The predicted octanol–water partition coefficient (Wildman–Crippen LogP) is 3.31. The van der Waals surface area contributed by atoms with Crippen molar-refractivity contribution in [3.8, 4) is 34.3 Å². The van der Waals surface area contributed by atoms with Crippen LogP contribution in [0.2, 0.25) is 0 Å². The van der Waals surface area contributed by atoms with E-state index in [1.54, 1.807) is 18.2 Å². The molecule has 1 amide bonds. The molecule has 4 aromatic rings. The summed E-state index contributed by atoms with van der Waals surface area (Å²) in [4.78, 5) is 17.1. The average Bonchev–Trinajstić information content (AvgIpc) is 3.44. The molecule has 0 unspecified atom stereocenters. The van der Waals surface area contributed by atoms with Crippen LogP contribution in [0.25, 0.3) is 22.8 Å². The number of benzene rings is 2. The summed E-state index contributed by atoms with van der Waals surface area (Å²) in [5, 5.41) is 11.9. The Morgan fingerprint density at radius 1 is 1.15 bits per heavy atom. The van der Waals surface area contributed by atoms with E-state index in [-0.39, 0.29) is 24.2 Å². The van der Waals surface area contributed by atoms with Crippen molar-refractivity contribution in [1.82, 2.24) is 19.9 Å². The van der Waals surface area contributed by atoms with Crippen LogP contribution in [0.1, 0.15) is 0 Å². The minimum Gasteiger partial charge on any atom is -0.486 e. The SMILES string of the molecule is CSc1nn(CC(=O)Nc2ccc3c(c2)OCCO3)c(N)c1-c1nc(-c2ccccc2)no1. The van der Waals surface area contributed by atoms with Gasteiger partial charge in [0, 0.05) is 17.3 Å². The van der Waals surface area contributed by atoms with Crippen molar-refractivity contribution in [1.29, 1.82) is 0 Å². The molecule has 2 aromatic carbocycles. The van der Waals surface area contributed by atoms with Gasteiger partial charge in [0.1, 0.15) is 36.2 Å². The molecule has 0 radical (unpaired) electrons. The minimum atomic E-state index is -0.296. The summed E-state index contributed by atoms with van der Waals surface area (Å²) in [7, 11) is 0. The number of fused-ring (bicyclic) bond motifs is 1. The maximum absolute atomic E-state index is 12.7. The molecule has 3 N–H and O–H groups in total. The van der Waals surface area contributed by atoms with Crippen molar-refractivity contribution < 1.29 is 18.8 Å². The van der Waals surface area contributed by atoms with Crippen molar-refractivity contribution in [2.24, 2.45) is 0 Å². The highest BCUT2D eigenvalue weighted by Crippen LogP contribution is 2.35. The van der Waals surface area contributed by atoms with Gasteiger partial charge in [-0.15, -0.1) is 11.8 Å². The molecule has 0 bridgehead atoms. The highest BCUT2D eigenvalue weighted by molar-refractivity contribution is 7.98. The highest BCUT2D eigenvalue weighted by atomic mass is 32.2. The van der Waals surface area contributed by atoms with Crippen molar-refractivity contribution in [3.63, 3.8) is 0 Å². The van der Waals surface area contributed by atoms with Gasteiger partial charge in [0.05, 0.1) is 0 Å². The Morgan fingerprint density at radius 2 is 1.94 bits per heavy atom. The van der Waals surface area contributed by atoms with Gasteiger partial charge in [-0.1, -0.05) is 35.5 Å². The Hall–Kier alpha value is -3.99. The van der Waals surface area contributed by atoms with E-state index in [1.165, 1.54) is 16.4 Å².